The maximum Gasteiger partial charge on any atom is 0.153 e. The van der Waals surface area contributed by atoms with E-state index in [1.54, 1.807) is 19.2 Å². The summed E-state index contributed by atoms with van der Waals surface area (Å²) in [7, 11) is 1.63. The minimum atomic E-state index is 0.371. The maximum absolute atomic E-state index is 5.64. The number of ether oxygens (including phenoxy) is 1. The predicted octanol–water partition coefficient (Wildman–Crippen LogP) is 2.88. The van der Waals surface area contributed by atoms with Crippen LogP contribution < -0.4 is 10.1 Å². The van der Waals surface area contributed by atoms with Crippen molar-refractivity contribution in [1.82, 2.24) is 10.2 Å². The Balaban J connectivity index is 2.16. The molecule has 1 aromatic carbocycles. The highest BCUT2D eigenvalue weighted by Gasteiger charge is 1.98. The van der Waals surface area contributed by atoms with Gasteiger partial charge in [0.15, 0.2) is 11.0 Å². The van der Waals surface area contributed by atoms with Gasteiger partial charge >= 0.3 is 0 Å². The van der Waals surface area contributed by atoms with Crippen LogP contribution in [-0.2, 0) is 0 Å². The van der Waals surface area contributed by atoms with E-state index in [1.165, 1.54) is 0 Å². The Hall–Kier alpha value is -1.81. The topological polar surface area (TPSA) is 47.0 Å². The third-order valence-electron chi connectivity index (χ3n) is 1.97. The molecule has 0 bridgehead atoms. The lowest BCUT2D eigenvalue weighted by Gasteiger charge is -2.06. The van der Waals surface area contributed by atoms with Crippen molar-refractivity contribution in [1.29, 1.82) is 0 Å². The largest absolute Gasteiger partial charge is 0.497 e. The minimum Gasteiger partial charge on any atom is -0.497 e. The van der Waals surface area contributed by atoms with Gasteiger partial charge in [0.25, 0.3) is 0 Å². The summed E-state index contributed by atoms with van der Waals surface area (Å²) in [6.07, 6.45) is 0. The van der Waals surface area contributed by atoms with E-state index >= 15 is 0 Å². The summed E-state index contributed by atoms with van der Waals surface area (Å²) in [4.78, 5) is 0. The van der Waals surface area contributed by atoms with E-state index in [4.69, 9.17) is 16.3 Å². The molecule has 1 N–H and O–H groups in total. The first kappa shape index (κ1) is 10.7. The SMILES string of the molecule is COc1cccc(Nc2ccc(Cl)nn2)c1. The van der Waals surface area contributed by atoms with Crippen LogP contribution in [0.2, 0.25) is 5.15 Å². The van der Waals surface area contributed by atoms with Crippen LogP contribution >= 0.6 is 11.6 Å². The van der Waals surface area contributed by atoms with Gasteiger partial charge in [0.1, 0.15) is 5.75 Å². The predicted molar refractivity (Wildman–Crippen MR) is 63.3 cm³/mol. The Kier molecular flexibility index (Phi) is 3.22. The molecule has 0 aliphatic rings. The van der Waals surface area contributed by atoms with E-state index in [0.29, 0.717) is 11.0 Å². The maximum atomic E-state index is 5.64. The summed E-state index contributed by atoms with van der Waals surface area (Å²) in [5, 5.41) is 11.1. The van der Waals surface area contributed by atoms with Crippen molar-refractivity contribution in [2.45, 2.75) is 0 Å². The number of benzene rings is 1. The minimum absolute atomic E-state index is 0.371. The van der Waals surface area contributed by atoms with Crippen LogP contribution in [-0.4, -0.2) is 17.3 Å². The monoisotopic (exact) mass is 235 g/mol. The van der Waals surface area contributed by atoms with Crippen LogP contribution in [0.25, 0.3) is 0 Å². The molecule has 0 fully saturated rings. The zero-order valence-electron chi connectivity index (χ0n) is 8.64. The molecule has 0 amide bonds. The van der Waals surface area contributed by atoms with Gasteiger partial charge < -0.3 is 10.1 Å². The first-order chi connectivity index (χ1) is 7.78. The molecule has 0 atom stereocenters. The van der Waals surface area contributed by atoms with Gasteiger partial charge in [-0.15, -0.1) is 10.2 Å². The Labute approximate surface area is 98.2 Å². The van der Waals surface area contributed by atoms with Crippen molar-refractivity contribution in [3.8, 4) is 5.75 Å². The van der Waals surface area contributed by atoms with Gasteiger partial charge in [-0.25, -0.2) is 0 Å². The van der Waals surface area contributed by atoms with Crippen LogP contribution in [0.5, 0.6) is 5.75 Å². The van der Waals surface area contributed by atoms with Crippen LogP contribution in [0.1, 0.15) is 0 Å². The number of anilines is 2. The van der Waals surface area contributed by atoms with E-state index < -0.39 is 0 Å². The molecule has 0 spiro atoms. The highest BCUT2D eigenvalue weighted by molar-refractivity contribution is 6.29. The lowest BCUT2D eigenvalue weighted by Crippen LogP contribution is -1.95. The molecule has 82 valence electrons. The molecule has 0 radical (unpaired) electrons. The molecule has 0 aliphatic carbocycles. The normalized spacial score (nSPS) is 9.88. The van der Waals surface area contributed by atoms with Gasteiger partial charge in [-0.2, -0.15) is 0 Å². The average molecular weight is 236 g/mol. The second kappa shape index (κ2) is 4.81. The second-order valence-electron chi connectivity index (χ2n) is 3.10. The van der Waals surface area contributed by atoms with Gasteiger partial charge in [0.05, 0.1) is 7.11 Å². The molecule has 0 unspecified atom stereocenters. The molecule has 0 saturated carbocycles. The molecule has 2 aromatic rings. The van der Waals surface area contributed by atoms with Crippen LogP contribution in [0.15, 0.2) is 36.4 Å². The lowest BCUT2D eigenvalue weighted by atomic mass is 10.3. The standard InChI is InChI=1S/C11H10ClN3O/c1-16-9-4-2-3-8(7-9)13-11-6-5-10(12)14-15-11/h2-7H,1H3,(H,13,15). The van der Waals surface area contributed by atoms with Gasteiger partial charge in [0.2, 0.25) is 0 Å². The number of nitrogens with zero attached hydrogens (tertiary/aromatic N) is 2. The molecular formula is C11H10ClN3O. The summed E-state index contributed by atoms with van der Waals surface area (Å²) in [6.45, 7) is 0. The Bertz CT molecular complexity index is 473. The molecule has 1 heterocycles. The molecule has 4 nitrogen and oxygen atoms in total. The summed E-state index contributed by atoms with van der Waals surface area (Å²) in [5.74, 6) is 1.42. The lowest BCUT2D eigenvalue weighted by molar-refractivity contribution is 0.415. The smallest absolute Gasteiger partial charge is 0.153 e. The van der Waals surface area contributed by atoms with E-state index in [1.807, 2.05) is 24.3 Å². The summed E-state index contributed by atoms with van der Waals surface area (Å²) < 4.78 is 5.11. The third-order valence-corrected chi connectivity index (χ3v) is 2.18. The van der Waals surface area contributed by atoms with E-state index in [9.17, 15) is 0 Å². The van der Waals surface area contributed by atoms with E-state index in [-0.39, 0.29) is 0 Å². The molecule has 0 aliphatic heterocycles. The van der Waals surface area contributed by atoms with Gasteiger partial charge in [-0.1, -0.05) is 17.7 Å². The van der Waals surface area contributed by atoms with Crippen LogP contribution in [0.4, 0.5) is 11.5 Å². The van der Waals surface area contributed by atoms with E-state index in [0.717, 1.165) is 11.4 Å². The first-order valence-corrected chi connectivity index (χ1v) is 5.06. The number of methoxy groups -OCH3 is 1. The first-order valence-electron chi connectivity index (χ1n) is 4.68. The van der Waals surface area contributed by atoms with Crippen molar-refractivity contribution in [3.05, 3.63) is 41.6 Å². The molecule has 2 rings (SSSR count). The Morgan fingerprint density at radius 3 is 2.75 bits per heavy atom. The van der Waals surface area contributed by atoms with Crippen LogP contribution in [0, 0.1) is 0 Å². The quantitative estimate of drug-likeness (QED) is 0.889. The molecule has 5 heteroatoms. The fourth-order valence-electron chi connectivity index (χ4n) is 1.23. The Morgan fingerprint density at radius 1 is 1.19 bits per heavy atom. The molecule has 1 aromatic heterocycles. The van der Waals surface area contributed by atoms with Crippen LogP contribution in [0.3, 0.4) is 0 Å². The van der Waals surface area contributed by atoms with E-state index in [2.05, 4.69) is 15.5 Å². The van der Waals surface area contributed by atoms with Gasteiger partial charge in [-0.05, 0) is 24.3 Å². The molecule has 0 saturated heterocycles. The second-order valence-corrected chi connectivity index (χ2v) is 3.49. The fraction of sp³-hybridized carbons (Fsp3) is 0.0909. The van der Waals surface area contributed by atoms with Crippen molar-refractivity contribution in [2.75, 3.05) is 12.4 Å². The average Bonchev–Trinajstić information content (AvgIpc) is 2.32. The fourth-order valence-corrected chi connectivity index (χ4v) is 1.33. The number of hydrogen-bond acceptors (Lipinski definition) is 4. The zero-order valence-corrected chi connectivity index (χ0v) is 9.40. The number of halogens is 1. The highest BCUT2D eigenvalue weighted by atomic mass is 35.5. The summed E-state index contributed by atoms with van der Waals surface area (Å²) in [6, 6.07) is 11.0. The summed E-state index contributed by atoms with van der Waals surface area (Å²) >= 11 is 5.64. The van der Waals surface area contributed by atoms with Crippen molar-refractivity contribution < 1.29 is 4.74 Å². The molecular weight excluding hydrogens is 226 g/mol. The van der Waals surface area contributed by atoms with Crippen molar-refractivity contribution in [3.63, 3.8) is 0 Å². The summed E-state index contributed by atoms with van der Waals surface area (Å²) in [5.41, 5.74) is 0.885. The molecule has 16 heavy (non-hydrogen) atoms. The Morgan fingerprint density at radius 2 is 2.06 bits per heavy atom. The number of nitrogens with one attached hydrogen (secondary N) is 1. The number of hydrogen-bond donors (Lipinski definition) is 1. The number of rotatable bonds is 3. The zero-order chi connectivity index (χ0) is 11.4. The van der Waals surface area contributed by atoms with Crippen molar-refractivity contribution >= 4 is 23.1 Å². The van der Waals surface area contributed by atoms with Gasteiger partial charge in [0, 0.05) is 11.8 Å². The number of aromatic nitrogens is 2. The highest BCUT2D eigenvalue weighted by Crippen LogP contribution is 2.20. The van der Waals surface area contributed by atoms with Gasteiger partial charge in [-0.3, -0.25) is 0 Å². The third kappa shape index (κ3) is 2.61. The van der Waals surface area contributed by atoms with Crippen molar-refractivity contribution in [2.24, 2.45) is 0 Å².